The summed E-state index contributed by atoms with van der Waals surface area (Å²) in [5, 5.41) is 0.186. The van der Waals surface area contributed by atoms with Crippen LogP contribution >= 0.6 is 27.7 Å². The highest BCUT2D eigenvalue weighted by atomic mass is 79.9. The summed E-state index contributed by atoms with van der Waals surface area (Å²) < 4.78 is 6.49. The van der Waals surface area contributed by atoms with Gasteiger partial charge in [0.15, 0.2) is 0 Å². The minimum Gasteiger partial charge on any atom is -0.496 e. The van der Waals surface area contributed by atoms with Crippen molar-refractivity contribution < 1.29 is 4.74 Å². The zero-order valence-corrected chi connectivity index (χ0v) is 13.1. The Hall–Kier alpha value is -0.970. The van der Waals surface area contributed by atoms with Crippen molar-refractivity contribution in [3.05, 3.63) is 58.6 Å². The highest BCUT2D eigenvalue weighted by molar-refractivity contribution is 9.10. The first-order valence-electron chi connectivity index (χ1n) is 6.00. The average Bonchev–Trinajstić information content (AvgIpc) is 2.45. The van der Waals surface area contributed by atoms with E-state index in [1.54, 1.807) is 18.9 Å². The van der Waals surface area contributed by atoms with E-state index >= 15 is 0 Å². The third-order valence-corrected chi connectivity index (χ3v) is 4.52. The molecule has 4 heteroatoms. The van der Waals surface area contributed by atoms with Crippen LogP contribution in [0.1, 0.15) is 10.8 Å². The van der Waals surface area contributed by atoms with E-state index in [9.17, 15) is 0 Å². The van der Waals surface area contributed by atoms with E-state index in [2.05, 4.69) is 34.1 Å². The summed E-state index contributed by atoms with van der Waals surface area (Å²) in [6.07, 6.45) is 0. The number of hydrogen-bond acceptors (Lipinski definition) is 3. The smallest absolute Gasteiger partial charge is 0.123 e. The van der Waals surface area contributed by atoms with E-state index in [0.717, 1.165) is 15.8 Å². The first kappa shape index (κ1) is 14.4. The van der Waals surface area contributed by atoms with E-state index in [0.29, 0.717) is 6.54 Å². The molecule has 0 aliphatic carbocycles. The van der Waals surface area contributed by atoms with Crippen molar-refractivity contribution in [1.82, 2.24) is 0 Å². The topological polar surface area (TPSA) is 35.2 Å². The molecule has 0 heterocycles. The maximum absolute atomic E-state index is 5.93. The first-order valence-corrected chi connectivity index (χ1v) is 7.67. The molecule has 1 atom stereocenters. The largest absolute Gasteiger partial charge is 0.496 e. The molecule has 0 fully saturated rings. The van der Waals surface area contributed by atoms with Gasteiger partial charge in [-0.25, -0.2) is 0 Å². The zero-order valence-electron chi connectivity index (χ0n) is 10.7. The predicted molar refractivity (Wildman–Crippen MR) is 84.8 cm³/mol. The Morgan fingerprint density at radius 3 is 2.68 bits per heavy atom. The van der Waals surface area contributed by atoms with Gasteiger partial charge in [0.25, 0.3) is 0 Å². The summed E-state index contributed by atoms with van der Waals surface area (Å²) >= 11 is 5.24. The summed E-state index contributed by atoms with van der Waals surface area (Å²) in [5.74, 6) is 0.889. The summed E-state index contributed by atoms with van der Waals surface area (Å²) in [6.45, 7) is 0.567. The van der Waals surface area contributed by atoms with Gasteiger partial charge in [-0.2, -0.15) is 0 Å². The first-order chi connectivity index (χ1) is 9.24. The second-order valence-electron chi connectivity index (χ2n) is 4.04. The summed E-state index contributed by atoms with van der Waals surface area (Å²) in [7, 11) is 1.69. The van der Waals surface area contributed by atoms with Gasteiger partial charge >= 0.3 is 0 Å². The van der Waals surface area contributed by atoms with Crippen molar-refractivity contribution in [1.29, 1.82) is 0 Å². The minimum atomic E-state index is 0.186. The normalized spacial score (nSPS) is 12.2. The van der Waals surface area contributed by atoms with E-state index in [1.807, 2.05) is 30.3 Å². The monoisotopic (exact) mass is 337 g/mol. The van der Waals surface area contributed by atoms with Crippen LogP contribution in [0.5, 0.6) is 5.75 Å². The Balaban J connectivity index is 2.25. The molecule has 1 unspecified atom stereocenters. The maximum Gasteiger partial charge on any atom is 0.123 e. The van der Waals surface area contributed by atoms with Gasteiger partial charge in [0, 0.05) is 21.5 Å². The third-order valence-electron chi connectivity index (χ3n) is 2.77. The number of ether oxygens (including phenoxy) is 1. The molecular weight excluding hydrogens is 322 g/mol. The second kappa shape index (κ2) is 6.98. The molecule has 2 rings (SSSR count). The third kappa shape index (κ3) is 3.75. The molecule has 0 aromatic heterocycles. The summed E-state index contributed by atoms with van der Waals surface area (Å²) in [6, 6.07) is 16.3. The highest BCUT2D eigenvalue weighted by Gasteiger charge is 2.15. The molecule has 0 aliphatic rings. The highest BCUT2D eigenvalue weighted by Crippen LogP contribution is 2.39. The lowest BCUT2D eigenvalue weighted by Crippen LogP contribution is -2.10. The van der Waals surface area contributed by atoms with E-state index in [1.165, 1.54) is 4.90 Å². The molecule has 0 saturated carbocycles. The fourth-order valence-electron chi connectivity index (χ4n) is 1.88. The molecule has 0 spiro atoms. The lowest BCUT2D eigenvalue weighted by atomic mass is 10.1. The molecule has 2 aromatic rings. The number of nitrogens with two attached hydrogens (primary N) is 1. The Morgan fingerprint density at radius 2 is 2.00 bits per heavy atom. The Kier molecular flexibility index (Phi) is 5.31. The van der Waals surface area contributed by atoms with E-state index in [-0.39, 0.29) is 5.25 Å². The van der Waals surface area contributed by atoms with Crippen LogP contribution in [-0.2, 0) is 0 Å². The van der Waals surface area contributed by atoms with Gasteiger partial charge < -0.3 is 10.5 Å². The van der Waals surface area contributed by atoms with Crippen LogP contribution in [0.15, 0.2) is 57.9 Å². The number of rotatable bonds is 5. The molecule has 2 N–H and O–H groups in total. The van der Waals surface area contributed by atoms with Crippen molar-refractivity contribution >= 4 is 27.7 Å². The van der Waals surface area contributed by atoms with Gasteiger partial charge in [-0.05, 0) is 24.3 Å². The second-order valence-corrected chi connectivity index (χ2v) is 6.23. The maximum atomic E-state index is 5.93. The van der Waals surface area contributed by atoms with E-state index in [4.69, 9.17) is 10.5 Å². The van der Waals surface area contributed by atoms with Gasteiger partial charge in [0.1, 0.15) is 5.75 Å². The molecule has 2 nitrogen and oxygen atoms in total. The zero-order chi connectivity index (χ0) is 13.7. The molecule has 0 bridgehead atoms. The number of hydrogen-bond donors (Lipinski definition) is 1. The molecule has 0 saturated heterocycles. The van der Waals surface area contributed by atoms with Gasteiger partial charge in [-0.1, -0.05) is 40.2 Å². The fourth-order valence-corrected chi connectivity index (χ4v) is 3.52. The lowest BCUT2D eigenvalue weighted by molar-refractivity contribution is 0.409. The molecule has 0 radical (unpaired) electrons. The number of benzene rings is 2. The Morgan fingerprint density at radius 1 is 1.21 bits per heavy atom. The van der Waals surface area contributed by atoms with Crippen LogP contribution < -0.4 is 10.5 Å². The van der Waals surface area contributed by atoms with Crippen molar-refractivity contribution in [2.45, 2.75) is 10.1 Å². The fraction of sp³-hybridized carbons (Fsp3) is 0.200. The minimum absolute atomic E-state index is 0.186. The molecule has 2 aromatic carbocycles. The predicted octanol–water partition coefficient (Wildman–Crippen LogP) is 4.25. The molecule has 0 aliphatic heterocycles. The van der Waals surface area contributed by atoms with Crippen LogP contribution in [0.3, 0.4) is 0 Å². The van der Waals surface area contributed by atoms with Crippen LogP contribution in [0, 0.1) is 0 Å². The number of methoxy groups -OCH3 is 1. The molecule has 100 valence electrons. The number of thioether (sulfide) groups is 1. The number of para-hydroxylation sites is 1. The van der Waals surface area contributed by atoms with Gasteiger partial charge in [-0.3, -0.25) is 0 Å². The Labute approximate surface area is 126 Å². The van der Waals surface area contributed by atoms with Crippen LogP contribution in [0.25, 0.3) is 0 Å². The Bertz CT molecular complexity index is 547. The standard InChI is InChI=1S/C15H16BrNOS/c1-18-14-8-3-2-7-13(14)15(10-17)19-12-6-4-5-11(16)9-12/h2-9,15H,10,17H2,1H3. The van der Waals surface area contributed by atoms with Gasteiger partial charge in [0.05, 0.1) is 12.4 Å². The van der Waals surface area contributed by atoms with Crippen LogP contribution in [0.4, 0.5) is 0 Å². The molecular formula is C15H16BrNOS. The van der Waals surface area contributed by atoms with Crippen molar-refractivity contribution in [3.63, 3.8) is 0 Å². The van der Waals surface area contributed by atoms with Gasteiger partial charge in [-0.15, -0.1) is 11.8 Å². The van der Waals surface area contributed by atoms with Crippen LogP contribution in [0.2, 0.25) is 0 Å². The van der Waals surface area contributed by atoms with E-state index < -0.39 is 0 Å². The van der Waals surface area contributed by atoms with Crippen molar-refractivity contribution in [2.75, 3.05) is 13.7 Å². The van der Waals surface area contributed by atoms with Crippen molar-refractivity contribution in [2.24, 2.45) is 5.73 Å². The molecule has 19 heavy (non-hydrogen) atoms. The average molecular weight is 338 g/mol. The summed E-state index contributed by atoms with van der Waals surface area (Å²) in [4.78, 5) is 1.19. The van der Waals surface area contributed by atoms with Gasteiger partial charge in [0.2, 0.25) is 0 Å². The lowest BCUT2D eigenvalue weighted by Gasteiger charge is -2.18. The number of halogens is 1. The van der Waals surface area contributed by atoms with Crippen molar-refractivity contribution in [3.8, 4) is 5.75 Å². The van der Waals surface area contributed by atoms with Crippen LogP contribution in [-0.4, -0.2) is 13.7 Å². The molecule has 0 amide bonds. The quantitative estimate of drug-likeness (QED) is 0.828. The SMILES string of the molecule is COc1ccccc1C(CN)Sc1cccc(Br)c1. The summed E-state index contributed by atoms with van der Waals surface area (Å²) in [5.41, 5.74) is 7.06.